The molecule has 0 aliphatic carbocycles. The van der Waals surface area contributed by atoms with Crippen molar-refractivity contribution in [3.8, 4) is 0 Å². The molecule has 4 rings (SSSR count). The molecule has 0 radical (unpaired) electrons. The van der Waals surface area contributed by atoms with E-state index < -0.39 is 0 Å². The van der Waals surface area contributed by atoms with Crippen LogP contribution in [0.1, 0.15) is 36.5 Å². The third-order valence-corrected chi connectivity index (χ3v) is 7.46. The highest BCUT2D eigenvalue weighted by Crippen LogP contribution is 2.32. The summed E-state index contributed by atoms with van der Waals surface area (Å²) >= 11 is 6.97. The van der Waals surface area contributed by atoms with Gasteiger partial charge in [-0.05, 0) is 41.7 Å². The highest BCUT2D eigenvalue weighted by Gasteiger charge is 2.35. The number of benzene rings is 2. The number of nitrogens with zero attached hydrogens (tertiary/aromatic N) is 2. The first-order valence-electron chi connectivity index (χ1n) is 10.9. The van der Waals surface area contributed by atoms with E-state index in [2.05, 4.69) is 74.2 Å². The Morgan fingerprint density at radius 2 is 1.77 bits per heavy atom. The number of para-hydroxylation sites is 1. The standard InChI is InChI=1S/C25H29N3OS2/c1-18(2)21-10-8-20(9-11-21)16-23-24(29)28(25(30)31-23)17-26-12-14-27(15-13-26)22-7-5-4-6-19(22)3/h4-11,16,18H,12-15,17H2,1-3H3/p+1/b23-16+. The van der Waals surface area contributed by atoms with Crippen LogP contribution in [-0.4, -0.2) is 48.0 Å². The van der Waals surface area contributed by atoms with Crippen LogP contribution >= 0.6 is 24.0 Å². The number of nitrogens with one attached hydrogen (secondary N) is 1. The number of thioether (sulfide) groups is 1. The lowest BCUT2D eigenvalue weighted by atomic mass is 10.0. The lowest BCUT2D eigenvalue weighted by molar-refractivity contribution is -0.907. The molecule has 2 aliphatic heterocycles. The first-order valence-corrected chi connectivity index (χ1v) is 12.1. The van der Waals surface area contributed by atoms with Gasteiger partial charge in [-0.25, -0.2) is 4.90 Å². The second-order valence-corrected chi connectivity index (χ2v) is 10.3. The first kappa shape index (κ1) is 22.1. The predicted molar refractivity (Wildman–Crippen MR) is 134 cm³/mol. The Morgan fingerprint density at radius 3 is 2.42 bits per heavy atom. The average molecular weight is 453 g/mol. The normalized spacial score (nSPS) is 19.2. The number of carbonyl (C=O) groups excluding carboxylic acids is 1. The number of anilines is 1. The maximum atomic E-state index is 13.0. The number of carbonyl (C=O) groups is 1. The van der Waals surface area contributed by atoms with E-state index in [9.17, 15) is 4.79 Å². The molecule has 162 valence electrons. The topological polar surface area (TPSA) is 28.0 Å². The number of hydrogen-bond donors (Lipinski definition) is 1. The van der Waals surface area contributed by atoms with Crippen molar-refractivity contribution in [1.29, 1.82) is 0 Å². The van der Waals surface area contributed by atoms with Crippen molar-refractivity contribution in [3.05, 3.63) is 70.1 Å². The third kappa shape index (κ3) is 5.03. The van der Waals surface area contributed by atoms with Crippen molar-refractivity contribution < 1.29 is 9.69 Å². The number of piperazine rings is 1. The van der Waals surface area contributed by atoms with Crippen molar-refractivity contribution in [2.24, 2.45) is 0 Å². The van der Waals surface area contributed by atoms with E-state index in [1.807, 2.05) is 6.08 Å². The smallest absolute Gasteiger partial charge is 0.270 e. The molecule has 31 heavy (non-hydrogen) atoms. The van der Waals surface area contributed by atoms with Crippen LogP contribution in [0.2, 0.25) is 0 Å². The Balaban J connectivity index is 1.37. The maximum Gasteiger partial charge on any atom is 0.270 e. The van der Waals surface area contributed by atoms with E-state index in [4.69, 9.17) is 12.2 Å². The molecule has 0 spiro atoms. The predicted octanol–water partition coefficient (Wildman–Crippen LogP) is 3.68. The summed E-state index contributed by atoms with van der Waals surface area (Å²) in [5.41, 5.74) is 4.98. The lowest BCUT2D eigenvalue weighted by Gasteiger charge is -2.35. The third-order valence-electron chi connectivity index (χ3n) is 6.08. The summed E-state index contributed by atoms with van der Waals surface area (Å²) < 4.78 is 0.670. The van der Waals surface area contributed by atoms with Crippen LogP contribution in [-0.2, 0) is 4.79 Å². The van der Waals surface area contributed by atoms with E-state index in [0.717, 1.165) is 36.6 Å². The van der Waals surface area contributed by atoms with Gasteiger partial charge < -0.3 is 9.80 Å². The molecule has 2 heterocycles. The van der Waals surface area contributed by atoms with E-state index in [1.165, 1.54) is 33.5 Å². The van der Waals surface area contributed by atoms with Crippen LogP contribution < -0.4 is 9.80 Å². The molecule has 0 aromatic heterocycles. The van der Waals surface area contributed by atoms with Gasteiger partial charge in [-0.15, -0.1) is 0 Å². The number of thiocarbonyl (C=S) groups is 1. The van der Waals surface area contributed by atoms with Crippen LogP contribution in [0.4, 0.5) is 5.69 Å². The minimum atomic E-state index is 0.0387. The molecule has 2 aromatic carbocycles. The zero-order chi connectivity index (χ0) is 22.0. The fourth-order valence-corrected chi connectivity index (χ4v) is 5.38. The van der Waals surface area contributed by atoms with Gasteiger partial charge in [0.1, 0.15) is 0 Å². The first-order chi connectivity index (χ1) is 14.9. The monoisotopic (exact) mass is 452 g/mol. The van der Waals surface area contributed by atoms with E-state index in [0.29, 0.717) is 16.9 Å². The van der Waals surface area contributed by atoms with Gasteiger partial charge in [0.15, 0.2) is 11.0 Å². The molecule has 1 amide bonds. The summed E-state index contributed by atoms with van der Waals surface area (Å²) in [5.74, 6) is 0.540. The molecule has 0 saturated carbocycles. The van der Waals surface area contributed by atoms with Crippen molar-refractivity contribution >= 4 is 46.0 Å². The van der Waals surface area contributed by atoms with Crippen molar-refractivity contribution in [2.45, 2.75) is 26.7 Å². The van der Waals surface area contributed by atoms with Crippen molar-refractivity contribution in [3.63, 3.8) is 0 Å². The average Bonchev–Trinajstić information content (AvgIpc) is 3.02. The van der Waals surface area contributed by atoms with Crippen molar-refractivity contribution in [1.82, 2.24) is 4.90 Å². The van der Waals surface area contributed by atoms with Gasteiger partial charge in [0.25, 0.3) is 5.91 Å². The Hall–Kier alpha value is -2.15. The molecular formula is C25H30N3OS2+. The van der Waals surface area contributed by atoms with Crippen molar-refractivity contribution in [2.75, 3.05) is 37.7 Å². The largest absolute Gasteiger partial charge is 0.360 e. The number of quaternary nitrogens is 1. The Kier molecular flexibility index (Phi) is 6.80. The zero-order valence-electron chi connectivity index (χ0n) is 18.4. The fourth-order valence-electron chi connectivity index (χ4n) is 4.13. The van der Waals surface area contributed by atoms with Crippen LogP contribution in [0, 0.1) is 6.92 Å². The molecule has 2 aromatic rings. The number of amides is 1. The summed E-state index contributed by atoms with van der Waals surface area (Å²) in [5, 5.41) is 0. The van der Waals surface area contributed by atoms with Crippen LogP contribution in [0.25, 0.3) is 6.08 Å². The highest BCUT2D eigenvalue weighted by molar-refractivity contribution is 8.26. The summed E-state index contributed by atoms with van der Waals surface area (Å²) in [7, 11) is 0. The quantitative estimate of drug-likeness (QED) is 0.553. The second kappa shape index (κ2) is 9.55. The minimum absolute atomic E-state index is 0.0387. The molecule has 2 aliphatic rings. The highest BCUT2D eigenvalue weighted by atomic mass is 32.2. The number of aryl methyl sites for hydroxylation is 1. The lowest BCUT2D eigenvalue weighted by Crippen LogP contribution is -3.16. The molecule has 6 heteroatoms. The Labute approximate surface area is 194 Å². The molecule has 0 atom stereocenters. The zero-order valence-corrected chi connectivity index (χ0v) is 20.1. The molecule has 0 bridgehead atoms. The van der Waals surface area contributed by atoms with Gasteiger partial charge >= 0.3 is 0 Å². The summed E-state index contributed by atoms with van der Waals surface area (Å²) in [4.78, 5) is 19.4. The SMILES string of the molecule is Cc1ccccc1N1CC[NH+](CN2C(=O)/C(=C\c3ccc(C(C)C)cc3)SC2=S)CC1. The van der Waals surface area contributed by atoms with Crippen LogP contribution in [0.15, 0.2) is 53.4 Å². The second-order valence-electron chi connectivity index (χ2n) is 8.61. The van der Waals surface area contributed by atoms with Gasteiger partial charge in [-0.3, -0.25) is 4.79 Å². The Bertz CT molecular complexity index is 992. The maximum absolute atomic E-state index is 13.0. The summed E-state index contributed by atoms with van der Waals surface area (Å²) in [6.07, 6.45) is 1.97. The summed E-state index contributed by atoms with van der Waals surface area (Å²) in [6.45, 7) is 11.2. The van der Waals surface area contributed by atoms with Gasteiger partial charge in [-0.1, -0.05) is 80.3 Å². The fraction of sp³-hybridized carbons (Fsp3) is 0.360. The van der Waals surface area contributed by atoms with E-state index >= 15 is 0 Å². The Morgan fingerprint density at radius 1 is 1.10 bits per heavy atom. The van der Waals surface area contributed by atoms with Crippen LogP contribution in [0.5, 0.6) is 0 Å². The number of rotatable bonds is 5. The van der Waals surface area contributed by atoms with Gasteiger partial charge in [0.2, 0.25) is 0 Å². The van der Waals surface area contributed by atoms with E-state index in [-0.39, 0.29) is 5.91 Å². The van der Waals surface area contributed by atoms with Crippen LogP contribution in [0.3, 0.4) is 0 Å². The van der Waals surface area contributed by atoms with E-state index in [1.54, 1.807) is 4.90 Å². The molecule has 1 N–H and O–H groups in total. The minimum Gasteiger partial charge on any atom is -0.360 e. The van der Waals surface area contributed by atoms with Gasteiger partial charge in [-0.2, -0.15) is 0 Å². The molecule has 2 fully saturated rings. The molecule has 4 nitrogen and oxygen atoms in total. The molecule has 0 unspecified atom stereocenters. The molecular weight excluding hydrogens is 422 g/mol. The number of hydrogen-bond acceptors (Lipinski definition) is 4. The molecule has 2 saturated heterocycles. The van der Waals surface area contributed by atoms with Gasteiger partial charge in [0.05, 0.1) is 31.1 Å². The summed E-state index contributed by atoms with van der Waals surface area (Å²) in [6, 6.07) is 17.0. The van der Waals surface area contributed by atoms with Gasteiger partial charge in [0, 0.05) is 5.69 Å².